The summed E-state index contributed by atoms with van der Waals surface area (Å²) in [5.74, 6) is -1.35. The minimum absolute atomic E-state index is 0.0252. The number of hydrogen-bond donors (Lipinski definition) is 1. The van der Waals surface area contributed by atoms with E-state index in [1.54, 1.807) is 12.1 Å². The maximum atomic E-state index is 13.3. The molecule has 0 aliphatic heterocycles. The van der Waals surface area contributed by atoms with Gasteiger partial charge in [0, 0.05) is 24.4 Å². The number of carboxylic acids is 1. The van der Waals surface area contributed by atoms with E-state index in [-0.39, 0.29) is 22.0 Å². The lowest BCUT2D eigenvalue weighted by Crippen LogP contribution is -2.07. The molecular weight excluding hydrogens is 385 g/mol. The number of hydrogen-bond acceptors (Lipinski definition) is 2. The molecule has 0 spiro atoms. The van der Waals surface area contributed by atoms with Crippen molar-refractivity contribution in [3.8, 4) is 11.3 Å². The van der Waals surface area contributed by atoms with Crippen LogP contribution in [0, 0.1) is 0 Å². The Morgan fingerprint density at radius 1 is 1.31 bits per heavy atom. The van der Waals surface area contributed by atoms with Gasteiger partial charge in [0.2, 0.25) is 0 Å². The van der Waals surface area contributed by atoms with Gasteiger partial charge >= 0.3 is 5.97 Å². The quantitative estimate of drug-likeness (QED) is 0.753. The normalized spacial score (nSPS) is 20.8. The molecule has 1 saturated carbocycles. The zero-order valence-electron chi connectivity index (χ0n) is 13.6. The second kappa shape index (κ2) is 6.06. The van der Waals surface area contributed by atoms with Crippen molar-refractivity contribution in [1.82, 2.24) is 9.78 Å². The first-order valence-corrected chi connectivity index (χ1v) is 8.85. The summed E-state index contributed by atoms with van der Waals surface area (Å²) in [6.45, 7) is 0. The number of benzene rings is 1. The van der Waals surface area contributed by atoms with E-state index in [9.17, 15) is 18.7 Å². The maximum absolute atomic E-state index is 13.3. The third-order valence-corrected chi connectivity index (χ3v) is 5.76. The van der Waals surface area contributed by atoms with Gasteiger partial charge < -0.3 is 5.11 Å². The van der Waals surface area contributed by atoms with Crippen molar-refractivity contribution in [2.45, 2.75) is 31.1 Å². The molecule has 136 valence electrons. The molecule has 1 aromatic heterocycles. The summed E-state index contributed by atoms with van der Waals surface area (Å²) in [5, 5.41) is 13.3. The lowest BCUT2D eigenvalue weighted by molar-refractivity contribution is 0.0685. The van der Waals surface area contributed by atoms with Crippen molar-refractivity contribution in [2.24, 2.45) is 7.05 Å². The summed E-state index contributed by atoms with van der Waals surface area (Å²) in [4.78, 5) is 11.7. The van der Waals surface area contributed by atoms with E-state index in [1.165, 1.54) is 11.7 Å². The van der Waals surface area contributed by atoms with Crippen molar-refractivity contribution in [1.29, 1.82) is 0 Å². The first-order chi connectivity index (χ1) is 12.3. The molecule has 2 unspecified atom stereocenters. The van der Waals surface area contributed by atoms with Gasteiger partial charge in [-0.1, -0.05) is 41.4 Å². The number of allylic oxidation sites excluding steroid dienone is 1. The number of alkyl halides is 2. The maximum Gasteiger partial charge on any atom is 0.340 e. The standard InChI is InChI=1S/C18H14Cl2F2N2O2/c1-24-15(13(18(25)26)14(23-24)17(21)22)10-4-2-3-7-8-5-6-9(11(7)10)12(8)16(19)20/h2-4,8-9,17H,5-6H2,1H3,(H,25,26). The Bertz CT molecular complexity index is 964. The van der Waals surface area contributed by atoms with Crippen LogP contribution in [0.15, 0.2) is 28.3 Å². The number of fused-ring (bicyclic) bond motifs is 5. The number of carboxylic acid groups (broad SMARTS) is 1. The van der Waals surface area contributed by atoms with Crippen LogP contribution in [-0.2, 0) is 7.05 Å². The fraction of sp³-hybridized carbons (Fsp3) is 0.333. The van der Waals surface area contributed by atoms with Crippen LogP contribution in [-0.4, -0.2) is 20.9 Å². The molecule has 2 aliphatic carbocycles. The van der Waals surface area contributed by atoms with E-state index in [4.69, 9.17) is 23.2 Å². The Labute approximate surface area is 158 Å². The van der Waals surface area contributed by atoms with Crippen molar-refractivity contribution in [2.75, 3.05) is 0 Å². The van der Waals surface area contributed by atoms with Crippen LogP contribution in [0.25, 0.3) is 11.3 Å². The van der Waals surface area contributed by atoms with E-state index in [0.29, 0.717) is 5.56 Å². The lowest BCUT2D eigenvalue weighted by atomic mass is 9.86. The number of aryl methyl sites for hydroxylation is 1. The van der Waals surface area contributed by atoms with E-state index < -0.39 is 23.7 Å². The first-order valence-electron chi connectivity index (χ1n) is 8.09. The van der Waals surface area contributed by atoms with Gasteiger partial charge in [-0.15, -0.1) is 0 Å². The lowest BCUT2D eigenvalue weighted by Gasteiger charge is -2.19. The summed E-state index contributed by atoms with van der Waals surface area (Å²) < 4.78 is 28.1. The van der Waals surface area contributed by atoms with Gasteiger partial charge in [-0.05, 0) is 29.5 Å². The predicted molar refractivity (Wildman–Crippen MR) is 94.0 cm³/mol. The van der Waals surface area contributed by atoms with Crippen molar-refractivity contribution < 1.29 is 18.7 Å². The smallest absolute Gasteiger partial charge is 0.340 e. The largest absolute Gasteiger partial charge is 0.478 e. The molecule has 0 amide bonds. The number of carbonyl (C=O) groups is 1. The highest BCUT2D eigenvalue weighted by atomic mass is 35.5. The zero-order valence-corrected chi connectivity index (χ0v) is 15.2. The fourth-order valence-corrected chi connectivity index (χ4v) is 5.00. The monoisotopic (exact) mass is 398 g/mol. The van der Waals surface area contributed by atoms with Gasteiger partial charge in [0.25, 0.3) is 6.43 Å². The molecule has 2 aliphatic rings. The third kappa shape index (κ3) is 2.32. The predicted octanol–water partition coefficient (Wildman–Crippen LogP) is 5.39. The highest BCUT2D eigenvalue weighted by Gasteiger charge is 2.45. The SMILES string of the molecule is Cn1nc(C(F)F)c(C(=O)O)c1-c1cccc2c1C1CCC2C1=C(Cl)Cl. The molecule has 0 radical (unpaired) electrons. The highest BCUT2D eigenvalue weighted by molar-refractivity contribution is 6.56. The van der Waals surface area contributed by atoms with Crippen molar-refractivity contribution in [3.05, 3.63) is 50.6 Å². The van der Waals surface area contributed by atoms with E-state index in [2.05, 4.69) is 5.10 Å². The van der Waals surface area contributed by atoms with Gasteiger partial charge in [-0.3, -0.25) is 4.68 Å². The number of rotatable bonds is 3. The highest BCUT2D eigenvalue weighted by Crippen LogP contribution is 2.60. The summed E-state index contributed by atoms with van der Waals surface area (Å²) in [7, 11) is 1.48. The van der Waals surface area contributed by atoms with Crippen LogP contribution in [0.4, 0.5) is 8.78 Å². The Morgan fingerprint density at radius 2 is 2.00 bits per heavy atom. The molecule has 1 fully saturated rings. The average Bonchev–Trinajstić information content (AvgIpc) is 3.23. The molecule has 2 atom stereocenters. The van der Waals surface area contributed by atoms with Crippen LogP contribution in [0.3, 0.4) is 0 Å². The van der Waals surface area contributed by atoms with Crippen LogP contribution >= 0.6 is 23.2 Å². The summed E-state index contributed by atoms with van der Waals surface area (Å²) in [6.07, 6.45) is -1.21. The molecule has 8 heteroatoms. The molecule has 4 nitrogen and oxygen atoms in total. The topological polar surface area (TPSA) is 55.1 Å². The number of nitrogens with zero attached hydrogens (tertiary/aromatic N) is 2. The minimum Gasteiger partial charge on any atom is -0.478 e. The number of aromatic carboxylic acids is 1. The van der Waals surface area contributed by atoms with Crippen molar-refractivity contribution in [3.63, 3.8) is 0 Å². The second-order valence-electron chi connectivity index (χ2n) is 6.55. The van der Waals surface area contributed by atoms with Crippen LogP contribution in [0.1, 0.15) is 58.3 Å². The van der Waals surface area contributed by atoms with Gasteiger partial charge in [0.1, 0.15) is 15.7 Å². The van der Waals surface area contributed by atoms with E-state index in [0.717, 1.165) is 29.5 Å². The molecule has 0 saturated heterocycles. The fourth-order valence-electron chi connectivity index (χ4n) is 4.47. The Balaban J connectivity index is 2.00. The molecule has 26 heavy (non-hydrogen) atoms. The molecular formula is C18H14Cl2F2N2O2. The number of halogens is 4. The van der Waals surface area contributed by atoms with Gasteiger partial charge in [-0.2, -0.15) is 5.10 Å². The minimum atomic E-state index is -2.97. The van der Waals surface area contributed by atoms with Crippen molar-refractivity contribution >= 4 is 29.2 Å². The van der Waals surface area contributed by atoms with Gasteiger partial charge in [-0.25, -0.2) is 13.6 Å². The van der Waals surface area contributed by atoms with Crippen LogP contribution in [0.5, 0.6) is 0 Å². The van der Waals surface area contributed by atoms with Crippen LogP contribution in [0.2, 0.25) is 0 Å². The molecule has 1 N–H and O–H groups in total. The summed E-state index contributed by atoms with van der Waals surface area (Å²) in [6, 6.07) is 5.51. The molecule has 4 rings (SSSR count). The van der Waals surface area contributed by atoms with Gasteiger partial charge in [0.15, 0.2) is 0 Å². The third-order valence-electron chi connectivity index (χ3n) is 5.33. The Hall–Kier alpha value is -1.92. The number of aromatic nitrogens is 2. The second-order valence-corrected chi connectivity index (χ2v) is 7.49. The molecule has 2 bridgehead atoms. The molecule has 2 aromatic rings. The van der Waals surface area contributed by atoms with E-state index >= 15 is 0 Å². The van der Waals surface area contributed by atoms with E-state index in [1.807, 2.05) is 6.07 Å². The first kappa shape index (κ1) is 17.5. The average molecular weight is 399 g/mol. The summed E-state index contributed by atoms with van der Waals surface area (Å²) >= 11 is 12.2. The zero-order chi connectivity index (χ0) is 18.7. The Kier molecular flexibility index (Phi) is 4.08. The van der Waals surface area contributed by atoms with Gasteiger partial charge in [0.05, 0.1) is 5.69 Å². The summed E-state index contributed by atoms with van der Waals surface area (Å²) in [5.41, 5.74) is 2.49. The molecule has 1 aromatic carbocycles. The van der Waals surface area contributed by atoms with Crippen LogP contribution < -0.4 is 0 Å². The Morgan fingerprint density at radius 3 is 2.62 bits per heavy atom. The molecule has 1 heterocycles.